The fourth-order valence-corrected chi connectivity index (χ4v) is 2.74. The van der Waals surface area contributed by atoms with E-state index >= 15 is 0 Å². The number of hydrogen-bond donors (Lipinski definition) is 1. The molecule has 0 aromatic heterocycles. The summed E-state index contributed by atoms with van der Waals surface area (Å²) in [5.74, 6) is -9.59. The molecule has 0 aliphatic carbocycles. The zero-order valence-corrected chi connectivity index (χ0v) is 12.5. The minimum atomic E-state index is -2.14. The first-order chi connectivity index (χ1) is 11.4. The zero-order valence-electron chi connectivity index (χ0n) is 12.5. The van der Waals surface area contributed by atoms with Gasteiger partial charge in [0.15, 0.2) is 23.3 Å². The predicted molar refractivity (Wildman–Crippen MR) is 81.5 cm³/mol. The number of piperazine rings is 1. The maximum Gasteiger partial charge on any atom is 0.200 e. The largest absolute Gasteiger partial charge is 0.399 e. The fourth-order valence-electron chi connectivity index (χ4n) is 2.74. The van der Waals surface area contributed by atoms with Crippen molar-refractivity contribution in [3.05, 3.63) is 53.4 Å². The van der Waals surface area contributed by atoms with Crippen LogP contribution in [0, 0.1) is 29.1 Å². The van der Waals surface area contributed by atoms with Crippen LogP contribution in [0.5, 0.6) is 0 Å². The van der Waals surface area contributed by atoms with Crippen molar-refractivity contribution in [3.8, 4) is 0 Å². The van der Waals surface area contributed by atoms with Crippen molar-refractivity contribution in [1.29, 1.82) is 0 Å². The summed E-state index contributed by atoms with van der Waals surface area (Å²) in [5.41, 5.74) is 6.23. The number of benzene rings is 2. The number of anilines is 3. The van der Waals surface area contributed by atoms with Crippen LogP contribution in [-0.2, 0) is 0 Å². The van der Waals surface area contributed by atoms with Gasteiger partial charge in [-0.25, -0.2) is 22.0 Å². The topological polar surface area (TPSA) is 32.5 Å². The summed E-state index contributed by atoms with van der Waals surface area (Å²) in [6, 6.07) is 7.07. The standard InChI is InChI=1S/C16H14F5N3/c17-11-12(18)14(20)16(15(21)13(11)19)24-7-5-23(6-8-24)10-3-1-9(22)2-4-10/h1-4H,5-8,22H2. The van der Waals surface area contributed by atoms with E-state index in [-0.39, 0.29) is 13.1 Å². The average molecular weight is 343 g/mol. The summed E-state index contributed by atoms with van der Waals surface area (Å²) in [5, 5.41) is 0. The molecule has 0 unspecified atom stereocenters. The summed E-state index contributed by atoms with van der Waals surface area (Å²) in [4.78, 5) is 3.12. The Labute approximate surface area is 135 Å². The van der Waals surface area contributed by atoms with Crippen LogP contribution in [0.3, 0.4) is 0 Å². The van der Waals surface area contributed by atoms with E-state index in [2.05, 4.69) is 0 Å². The van der Waals surface area contributed by atoms with Crippen molar-refractivity contribution in [2.45, 2.75) is 0 Å². The maximum absolute atomic E-state index is 13.9. The molecule has 128 valence electrons. The average Bonchev–Trinajstić information content (AvgIpc) is 2.60. The third-order valence-electron chi connectivity index (χ3n) is 4.04. The van der Waals surface area contributed by atoms with Gasteiger partial charge in [-0.1, -0.05) is 0 Å². The van der Waals surface area contributed by atoms with Crippen LogP contribution in [0.1, 0.15) is 0 Å². The highest BCUT2D eigenvalue weighted by Crippen LogP contribution is 2.31. The molecule has 0 radical (unpaired) electrons. The minimum Gasteiger partial charge on any atom is -0.399 e. The first kappa shape index (κ1) is 16.4. The second kappa shape index (κ2) is 6.18. The third-order valence-corrected chi connectivity index (χ3v) is 4.04. The van der Waals surface area contributed by atoms with Gasteiger partial charge in [-0.3, -0.25) is 0 Å². The van der Waals surface area contributed by atoms with Crippen LogP contribution >= 0.6 is 0 Å². The molecule has 1 aliphatic rings. The number of nitrogens with zero attached hydrogens (tertiary/aromatic N) is 2. The van der Waals surface area contributed by atoms with Crippen molar-refractivity contribution >= 4 is 17.1 Å². The Hall–Kier alpha value is -2.51. The van der Waals surface area contributed by atoms with E-state index in [9.17, 15) is 22.0 Å². The molecule has 1 heterocycles. The molecule has 2 aromatic rings. The lowest BCUT2D eigenvalue weighted by Gasteiger charge is -2.37. The molecule has 0 spiro atoms. The second-order valence-electron chi connectivity index (χ2n) is 5.48. The van der Waals surface area contributed by atoms with Crippen LogP contribution in [0.15, 0.2) is 24.3 Å². The molecule has 2 N–H and O–H groups in total. The predicted octanol–water partition coefficient (Wildman–Crippen LogP) is 3.29. The lowest BCUT2D eigenvalue weighted by atomic mass is 10.2. The van der Waals surface area contributed by atoms with E-state index in [1.807, 2.05) is 17.0 Å². The van der Waals surface area contributed by atoms with E-state index in [4.69, 9.17) is 5.73 Å². The summed E-state index contributed by atoms with van der Waals surface area (Å²) < 4.78 is 67.5. The van der Waals surface area contributed by atoms with Gasteiger partial charge in [-0.05, 0) is 24.3 Å². The van der Waals surface area contributed by atoms with Gasteiger partial charge in [0.25, 0.3) is 0 Å². The molecule has 0 atom stereocenters. The van der Waals surface area contributed by atoms with Gasteiger partial charge in [-0.2, -0.15) is 0 Å². The molecule has 1 fully saturated rings. The molecule has 24 heavy (non-hydrogen) atoms. The lowest BCUT2D eigenvalue weighted by molar-refractivity contribution is 0.377. The SMILES string of the molecule is Nc1ccc(N2CCN(c3c(F)c(F)c(F)c(F)c3F)CC2)cc1. The van der Waals surface area contributed by atoms with Crippen LogP contribution in [-0.4, -0.2) is 26.2 Å². The second-order valence-corrected chi connectivity index (χ2v) is 5.48. The molecule has 8 heteroatoms. The van der Waals surface area contributed by atoms with E-state index in [1.165, 1.54) is 4.90 Å². The van der Waals surface area contributed by atoms with E-state index in [0.29, 0.717) is 18.8 Å². The molecule has 2 aromatic carbocycles. The first-order valence-electron chi connectivity index (χ1n) is 7.27. The van der Waals surface area contributed by atoms with Crippen LogP contribution in [0.2, 0.25) is 0 Å². The molecule has 0 amide bonds. The van der Waals surface area contributed by atoms with Crippen molar-refractivity contribution < 1.29 is 22.0 Å². The molecule has 1 aliphatic heterocycles. The molecule has 0 saturated carbocycles. The maximum atomic E-state index is 13.9. The quantitative estimate of drug-likeness (QED) is 0.393. The number of rotatable bonds is 2. The Morgan fingerprint density at radius 3 is 1.54 bits per heavy atom. The molecule has 3 nitrogen and oxygen atoms in total. The van der Waals surface area contributed by atoms with Crippen LogP contribution < -0.4 is 15.5 Å². The van der Waals surface area contributed by atoms with E-state index in [1.54, 1.807) is 12.1 Å². The normalized spacial score (nSPS) is 15.0. The van der Waals surface area contributed by atoms with Gasteiger partial charge in [0, 0.05) is 37.6 Å². The minimum absolute atomic E-state index is 0.128. The number of hydrogen-bond acceptors (Lipinski definition) is 3. The van der Waals surface area contributed by atoms with Crippen LogP contribution in [0.25, 0.3) is 0 Å². The Balaban J connectivity index is 1.81. The van der Waals surface area contributed by atoms with Crippen molar-refractivity contribution in [1.82, 2.24) is 0 Å². The summed E-state index contributed by atoms with van der Waals surface area (Å²) in [6.45, 7) is 1.01. The van der Waals surface area contributed by atoms with Gasteiger partial charge in [0.2, 0.25) is 5.82 Å². The van der Waals surface area contributed by atoms with Gasteiger partial charge >= 0.3 is 0 Å². The summed E-state index contributed by atoms with van der Waals surface area (Å²) in [7, 11) is 0. The highest BCUT2D eigenvalue weighted by molar-refractivity contribution is 5.56. The van der Waals surface area contributed by atoms with Gasteiger partial charge in [0.05, 0.1) is 0 Å². The number of nitrogen functional groups attached to an aromatic ring is 1. The Morgan fingerprint density at radius 1 is 0.625 bits per heavy atom. The fraction of sp³-hybridized carbons (Fsp3) is 0.250. The number of nitrogens with two attached hydrogens (primary N) is 1. The molecule has 0 bridgehead atoms. The monoisotopic (exact) mass is 343 g/mol. The highest BCUT2D eigenvalue weighted by Gasteiger charge is 2.30. The Bertz CT molecular complexity index is 726. The smallest absolute Gasteiger partial charge is 0.200 e. The van der Waals surface area contributed by atoms with Crippen molar-refractivity contribution in [2.75, 3.05) is 41.7 Å². The zero-order chi connectivity index (χ0) is 17.4. The Morgan fingerprint density at radius 2 is 1.04 bits per heavy atom. The number of halogens is 5. The molecular formula is C16H14F5N3. The molecule has 3 rings (SSSR count). The molecular weight excluding hydrogens is 329 g/mol. The van der Waals surface area contributed by atoms with E-state index in [0.717, 1.165) is 5.69 Å². The summed E-state index contributed by atoms with van der Waals surface area (Å²) >= 11 is 0. The van der Waals surface area contributed by atoms with Crippen molar-refractivity contribution in [2.24, 2.45) is 0 Å². The lowest BCUT2D eigenvalue weighted by Crippen LogP contribution is -2.47. The highest BCUT2D eigenvalue weighted by atomic mass is 19.2. The van der Waals surface area contributed by atoms with Crippen LogP contribution in [0.4, 0.5) is 39.0 Å². The Kier molecular flexibility index (Phi) is 4.21. The van der Waals surface area contributed by atoms with Gasteiger partial charge < -0.3 is 15.5 Å². The van der Waals surface area contributed by atoms with E-state index < -0.39 is 34.8 Å². The third kappa shape index (κ3) is 2.72. The van der Waals surface area contributed by atoms with Gasteiger partial charge in [-0.15, -0.1) is 0 Å². The molecule has 1 saturated heterocycles. The summed E-state index contributed by atoms with van der Waals surface area (Å²) in [6.07, 6.45) is 0. The van der Waals surface area contributed by atoms with Gasteiger partial charge in [0.1, 0.15) is 5.69 Å². The van der Waals surface area contributed by atoms with Crippen molar-refractivity contribution in [3.63, 3.8) is 0 Å². The first-order valence-corrected chi connectivity index (χ1v) is 7.27.